The van der Waals surface area contributed by atoms with E-state index in [1.165, 1.54) is 4.90 Å². The molecule has 6 N–H and O–H groups in total. The van der Waals surface area contributed by atoms with Crippen LogP contribution in [0.3, 0.4) is 0 Å². The fraction of sp³-hybridized carbons (Fsp3) is 0.875. The lowest BCUT2D eigenvalue weighted by Gasteiger charge is -2.45. The number of hydrogen-bond donors (Lipinski definition) is 6. The molecule has 12 heteroatoms. The first-order valence-corrected chi connectivity index (χ1v) is 13.0. The molecular weight excluding hydrogens is 476 g/mol. The standard InChI is InChI=1S/C24H36N2O10/c27-9-15-19(30)20(31)21(32)24(35-15)36-25-13-8-14(28)18(29)16-11(13)6-7-12-17(16)23(34)26(22(12)33)10-4-2-1-3-5-10/h10-12,14-21,24,27-32H,1-9H2/t11-,12+,14+,15+,16-,17+,18+,19+,20-,21+,24-/m0/s1. The van der Waals surface area contributed by atoms with Gasteiger partial charge in [0.15, 0.2) is 0 Å². The maximum atomic E-state index is 13.6. The number of amides is 2. The van der Waals surface area contributed by atoms with E-state index in [9.17, 15) is 40.2 Å². The number of fused-ring (bicyclic) bond motifs is 3. The molecule has 11 atom stereocenters. The van der Waals surface area contributed by atoms with Gasteiger partial charge < -0.3 is 40.2 Å². The van der Waals surface area contributed by atoms with Crippen molar-refractivity contribution < 1.29 is 49.8 Å². The van der Waals surface area contributed by atoms with E-state index in [4.69, 9.17) is 9.57 Å². The number of imide groups is 1. The molecular formula is C24H36N2O10. The van der Waals surface area contributed by atoms with Gasteiger partial charge in [0.05, 0.1) is 36.4 Å². The quantitative estimate of drug-likeness (QED) is 0.186. The molecule has 5 fully saturated rings. The van der Waals surface area contributed by atoms with Crippen LogP contribution in [-0.2, 0) is 19.2 Å². The van der Waals surface area contributed by atoms with Crippen molar-refractivity contribution in [1.82, 2.24) is 4.90 Å². The molecule has 3 aliphatic carbocycles. The fourth-order valence-electron chi connectivity index (χ4n) is 6.97. The van der Waals surface area contributed by atoms with E-state index < -0.39 is 73.2 Å². The minimum absolute atomic E-state index is 0.0361. The van der Waals surface area contributed by atoms with E-state index in [0.29, 0.717) is 18.6 Å². The van der Waals surface area contributed by atoms with Gasteiger partial charge in [-0.15, -0.1) is 0 Å². The number of rotatable bonds is 4. The van der Waals surface area contributed by atoms with Crippen molar-refractivity contribution in [2.75, 3.05) is 6.61 Å². The van der Waals surface area contributed by atoms with Gasteiger partial charge in [0.2, 0.25) is 11.8 Å². The zero-order valence-electron chi connectivity index (χ0n) is 20.0. The van der Waals surface area contributed by atoms with Crippen molar-refractivity contribution in [3.05, 3.63) is 0 Å². The van der Waals surface area contributed by atoms with Gasteiger partial charge in [0, 0.05) is 24.3 Å². The highest BCUT2D eigenvalue weighted by Gasteiger charge is 2.60. The van der Waals surface area contributed by atoms with Gasteiger partial charge in [-0.3, -0.25) is 14.5 Å². The van der Waals surface area contributed by atoms with Gasteiger partial charge in [-0.1, -0.05) is 24.4 Å². The van der Waals surface area contributed by atoms with Crippen LogP contribution in [0.2, 0.25) is 0 Å². The van der Waals surface area contributed by atoms with Gasteiger partial charge in [-0.25, -0.2) is 0 Å². The summed E-state index contributed by atoms with van der Waals surface area (Å²) in [7, 11) is 0. The molecule has 2 amide bonds. The fourth-order valence-corrected chi connectivity index (χ4v) is 6.97. The molecule has 0 aromatic carbocycles. The summed E-state index contributed by atoms with van der Waals surface area (Å²) in [5.74, 6) is -2.89. The number of carbonyl (C=O) groups excluding carboxylic acids is 2. The number of carbonyl (C=O) groups is 2. The van der Waals surface area contributed by atoms with Crippen LogP contribution in [0.25, 0.3) is 0 Å². The predicted molar refractivity (Wildman–Crippen MR) is 121 cm³/mol. The van der Waals surface area contributed by atoms with E-state index in [-0.39, 0.29) is 24.3 Å². The first-order valence-electron chi connectivity index (χ1n) is 13.0. The number of aliphatic hydroxyl groups is 6. The molecule has 5 aliphatic rings. The second-order valence-corrected chi connectivity index (χ2v) is 10.9. The lowest BCUT2D eigenvalue weighted by Crippen LogP contribution is -2.59. The topological polar surface area (TPSA) is 190 Å². The van der Waals surface area contributed by atoms with Crippen molar-refractivity contribution in [3.8, 4) is 0 Å². The molecule has 2 aliphatic heterocycles. The Morgan fingerprint density at radius 3 is 2.25 bits per heavy atom. The average molecular weight is 513 g/mol. The minimum Gasteiger partial charge on any atom is -0.394 e. The number of nitrogens with zero attached hydrogens (tertiary/aromatic N) is 2. The Morgan fingerprint density at radius 1 is 0.861 bits per heavy atom. The number of aliphatic hydroxyl groups excluding tert-OH is 6. The Balaban J connectivity index is 1.37. The maximum Gasteiger partial charge on any atom is 0.256 e. The van der Waals surface area contributed by atoms with Gasteiger partial charge in [-0.05, 0) is 25.7 Å². The molecule has 5 rings (SSSR count). The molecule has 36 heavy (non-hydrogen) atoms. The summed E-state index contributed by atoms with van der Waals surface area (Å²) in [6.07, 6.45) is -4.43. The number of oxime groups is 1. The van der Waals surface area contributed by atoms with Gasteiger partial charge in [-0.2, -0.15) is 0 Å². The van der Waals surface area contributed by atoms with Crippen molar-refractivity contribution >= 4 is 17.5 Å². The second-order valence-electron chi connectivity index (χ2n) is 10.9. The highest BCUT2D eigenvalue weighted by atomic mass is 16.8. The van der Waals surface area contributed by atoms with Crippen LogP contribution < -0.4 is 0 Å². The Labute approximate surface area is 208 Å². The zero-order valence-corrected chi connectivity index (χ0v) is 20.0. The van der Waals surface area contributed by atoms with Crippen LogP contribution in [0, 0.1) is 23.7 Å². The molecule has 12 nitrogen and oxygen atoms in total. The summed E-state index contributed by atoms with van der Waals surface area (Å²) in [6.45, 7) is -0.617. The van der Waals surface area contributed by atoms with Crippen LogP contribution in [0.4, 0.5) is 0 Å². The summed E-state index contributed by atoms with van der Waals surface area (Å²) < 4.78 is 5.33. The summed E-state index contributed by atoms with van der Waals surface area (Å²) in [6, 6.07) is -0.115. The molecule has 0 unspecified atom stereocenters. The van der Waals surface area contributed by atoms with E-state index in [1.807, 2.05) is 0 Å². The molecule has 202 valence electrons. The zero-order chi connectivity index (χ0) is 25.7. The van der Waals surface area contributed by atoms with Gasteiger partial charge in [0.1, 0.15) is 24.4 Å². The molecule has 3 saturated carbocycles. The predicted octanol–water partition coefficient (Wildman–Crippen LogP) is -1.76. The van der Waals surface area contributed by atoms with Gasteiger partial charge in [0.25, 0.3) is 6.29 Å². The first kappa shape index (κ1) is 26.0. The summed E-state index contributed by atoms with van der Waals surface area (Å²) in [4.78, 5) is 33.6. The van der Waals surface area contributed by atoms with Crippen LogP contribution in [0.15, 0.2) is 5.16 Å². The van der Waals surface area contributed by atoms with Crippen LogP contribution in [-0.4, -0.2) is 109 Å². The maximum absolute atomic E-state index is 13.6. The van der Waals surface area contributed by atoms with E-state index >= 15 is 0 Å². The molecule has 0 aromatic rings. The Kier molecular flexibility index (Phi) is 7.38. The number of hydrogen-bond acceptors (Lipinski definition) is 11. The normalized spacial score (nSPS) is 47.1. The largest absolute Gasteiger partial charge is 0.394 e. The third-order valence-electron chi connectivity index (χ3n) is 8.88. The van der Waals surface area contributed by atoms with Crippen molar-refractivity contribution in [2.45, 2.75) is 100 Å². The molecule has 2 heterocycles. The van der Waals surface area contributed by atoms with Crippen LogP contribution in [0.5, 0.6) is 0 Å². The second kappa shape index (κ2) is 10.2. The Hall–Kier alpha value is -1.67. The third kappa shape index (κ3) is 4.26. The summed E-state index contributed by atoms with van der Waals surface area (Å²) in [5, 5.41) is 65.2. The van der Waals surface area contributed by atoms with Crippen LogP contribution >= 0.6 is 0 Å². The van der Waals surface area contributed by atoms with Crippen molar-refractivity contribution in [2.24, 2.45) is 28.8 Å². The van der Waals surface area contributed by atoms with E-state index in [1.54, 1.807) is 0 Å². The highest BCUT2D eigenvalue weighted by molar-refractivity contribution is 6.06. The van der Waals surface area contributed by atoms with Crippen molar-refractivity contribution in [3.63, 3.8) is 0 Å². The average Bonchev–Trinajstić information content (AvgIpc) is 3.14. The molecule has 0 aromatic heterocycles. The molecule has 2 saturated heterocycles. The highest BCUT2D eigenvalue weighted by Crippen LogP contribution is 2.50. The van der Waals surface area contributed by atoms with E-state index in [0.717, 1.165) is 32.1 Å². The van der Waals surface area contributed by atoms with E-state index in [2.05, 4.69) is 5.16 Å². The summed E-state index contributed by atoms with van der Waals surface area (Å²) in [5.41, 5.74) is 0.365. The SMILES string of the molecule is O=C1[C@H]2[C@H]3[C@H](O)[C@H](O)CC(=NO[C@@H]4O[C@H](CO)[C@@H](O)[C@H](O)[C@H]4O)[C@@H]3CC[C@H]2C(=O)N1C1CCCCC1. The lowest BCUT2D eigenvalue weighted by atomic mass is 9.60. The Morgan fingerprint density at radius 2 is 1.56 bits per heavy atom. The molecule has 0 spiro atoms. The monoisotopic (exact) mass is 512 g/mol. The van der Waals surface area contributed by atoms with Crippen molar-refractivity contribution in [1.29, 1.82) is 0 Å². The smallest absolute Gasteiger partial charge is 0.256 e. The summed E-state index contributed by atoms with van der Waals surface area (Å²) >= 11 is 0. The first-order chi connectivity index (χ1) is 17.2. The number of likely N-dealkylation sites (tertiary alicyclic amines) is 1. The molecule has 0 bridgehead atoms. The third-order valence-corrected chi connectivity index (χ3v) is 8.88. The minimum atomic E-state index is -1.64. The lowest BCUT2D eigenvalue weighted by molar-refractivity contribution is -0.301. The van der Waals surface area contributed by atoms with Crippen LogP contribution in [0.1, 0.15) is 51.4 Å². The molecule has 0 radical (unpaired) electrons. The van der Waals surface area contributed by atoms with Gasteiger partial charge >= 0.3 is 0 Å². The number of ether oxygens (including phenoxy) is 1. The Bertz CT molecular complexity index is 877.